The van der Waals surface area contributed by atoms with Crippen LogP contribution >= 0.6 is 10.5 Å². The van der Waals surface area contributed by atoms with Crippen molar-refractivity contribution in [2.24, 2.45) is 0 Å². The van der Waals surface area contributed by atoms with Gasteiger partial charge in [0.05, 0.1) is 0 Å². The Morgan fingerprint density at radius 1 is 1.20 bits per heavy atom. The summed E-state index contributed by atoms with van der Waals surface area (Å²) in [5.41, 5.74) is 0. The van der Waals surface area contributed by atoms with Crippen molar-refractivity contribution in [3.63, 3.8) is 0 Å². The summed E-state index contributed by atoms with van der Waals surface area (Å²) in [6.07, 6.45) is 5.82. The summed E-state index contributed by atoms with van der Waals surface area (Å²) in [4.78, 5) is 4.01. The molecule has 0 aliphatic carbocycles. The van der Waals surface area contributed by atoms with Crippen molar-refractivity contribution >= 4 is 27.1 Å². The third-order valence-corrected chi connectivity index (χ3v) is 3.03. The van der Waals surface area contributed by atoms with Crippen molar-refractivity contribution in [3.8, 4) is 0 Å². The fourth-order valence-electron chi connectivity index (χ4n) is 1.03. The topological polar surface area (TPSA) is 12.9 Å². The lowest BCUT2D eigenvalue weighted by atomic mass is 10.2. The molecule has 0 aliphatic heterocycles. The van der Waals surface area contributed by atoms with Gasteiger partial charge in [-0.25, -0.2) is 0 Å². The van der Waals surface area contributed by atoms with Crippen LogP contribution in [0.5, 0.6) is 0 Å². The quantitative estimate of drug-likeness (QED) is 0.668. The molecule has 2 aromatic rings. The van der Waals surface area contributed by atoms with Crippen LogP contribution < -0.4 is 0 Å². The van der Waals surface area contributed by atoms with Gasteiger partial charge in [0, 0.05) is 12.4 Å². The van der Waals surface area contributed by atoms with Crippen molar-refractivity contribution in [1.29, 1.82) is 0 Å². The minimum absolute atomic E-state index is 0.427. The number of benzene rings is 1. The number of fused-ring (bicyclic) bond motifs is 1. The van der Waals surface area contributed by atoms with E-state index in [1.54, 1.807) is 0 Å². The largest absolute Gasteiger partial charge is 0.264 e. The minimum atomic E-state index is 0.427. The standard InChI is InChI=1S/C9H7N.C4H10S/c1-2-4-9-7-10-6-5-8(9)3-1;1-4-5(2)3/h1-7H;2,4H2,1,3H3. The van der Waals surface area contributed by atoms with Crippen LogP contribution in [0.25, 0.3) is 10.8 Å². The van der Waals surface area contributed by atoms with Gasteiger partial charge in [0.25, 0.3) is 0 Å². The van der Waals surface area contributed by atoms with Crippen LogP contribution in [0.15, 0.2) is 42.7 Å². The number of nitrogens with zero attached hydrogens (tertiary/aromatic N) is 1. The molecule has 1 nitrogen and oxygen atoms in total. The molecule has 0 N–H and O–H groups in total. The van der Waals surface area contributed by atoms with E-state index >= 15 is 0 Å². The van der Waals surface area contributed by atoms with Crippen LogP contribution in [-0.2, 0) is 0 Å². The number of rotatable bonds is 1. The summed E-state index contributed by atoms with van der Waals surface area (Å²) in [6.45, 7) is 2.15. The Bertz CT molecular complexity index is 372. The Hall–Kier alpha value is -1.15. The number of pyridine rings is 1. The van der Waals surface area contributed by atoms with E-state index in [2.05, 4.69) is 36.2 Å². The van der Waals surface area contributed by atoms with Crippen LogP contribution in [0.4, 0.5) is 0 Å². The molecule has 2 rings (SSSR count). The summed E-state index contributed by atoms with van der Waals surface area (Å²) in [7, 11) is 0.427. The van der Waals surface area contributed by atoms with Crippen LogP contribution in [0.3, 0.4) is 0 Å². The Morgan fingerprint density at radius 3 is 2.33 bits per heavy atom. The van der Waals surface area contributed by atoms with E-state index in [4.69, 9.17) is 0 Å². The van der Waals surface area contributed by atoms with E-state index in [0.717, 1.165) is 0 Å². The van der Waals surface area contributed by atoms with Crippen molar-refractivity contribution in [2.45, 2.75) is 6.92 Å². The predicted octanol–water partition coefficient (Wildman–Crippen LogP) is 3.57. The van der Waals surface area contributed by atoms with Crippen LogP contribution in [0, 0.1) is 0 Å². The van der Waals surface area contributed by atoms with Gasteiger partial charge < -0.3 is 0 Å². The molecule has 1 aromatic heterocycles. The minimum Gasteiger partial charge on any atom is -0.264 e. The van der Waals surface area contributed by atoms with Gasteiger partial charge in [-0.15, -0.1) is 0 Å². The lowest BCUT2D eigenvalue weighted by molar-refractivity contribution is 1.36. The average molecular weight is 219 g/mol. The zero-order valence-electron chi connectivity index (χ0n) is 9.31. The first kappa shape index (κ1) is 11.9. The Labute approximate surface area is 94.1 Å². The summed E-state index contributed by atoms with van der Waals surface area (Å²) in [5, 5.41) is 2.45. The molecule has 0 fully saturated rings. The predicted molar refractivity (Wildman–Crippen MR) is 72.9 cm³/mol. The Morgan fingerprint density at radius 2 is 1.80 bits per heavy atom. The van der Waals surface area contributed by atoms with E-state index in [-0.39, 0.29) is 0 Å². The van der Waals surface area contributed by atoms with E-state index in [9.17, 15) is 0 Å². The second-order valence-electron chi connectivity index (χ2n) is 3.29. The van der Waals surface area contributed by atoms with Crippen LogP contribution in [0.2, 0.25) is 0 Å². The first-order valence-electron chi connectivity index (χ1n) is 4.95. The normalized spacial score (nSPS) is 11.6. The third-order valence-electron chi connectivity index (χ3n) is 2.04. The molecule has 15 heavy (non-hydrogen) atoms. The van der Waals surface area contributed by atoms with Gasteiger partial charge in [-0.3, -0.25) is 4.98 Å². The maximum absolute atomic E-state index is 4.01. The third kappa shape index (κ3) is 4.26. The molecule has 80 valence electrons. The van der Waals surface area contributed by atoms with Gasteiger partial charge >= 0.3 is 0 Å². The number of aromatic nitrogens is 1. The molecular formula is C13H17NS. The maximum Gasteiger partial charge on any atom is 0.0346 e. The molecule has 1 unspecified atom stereocenters. The molecule has 0 saturated heterocycles. The highest BCUT2D eigenvalue weighted by Crippen LogP contribution is 2.09. The maximum atomic E-state index is 4.01. The smallest absolute Gasteiger partial charge is 0.0346 e. The fourth-order valence-corrected chi connectivity index (χ4v) is 1.03. The second-order valence-corrected chi connectivity index (χ2v) is 5.43. The van der Waals surface area contributed by atoms with Crippen LogP contribution in [0.1, 0.15) is 6.92 Å². The molecule has 1 heterocycles. The Balaban J connectivity index is 0.000000195. The molecule has 1 atom stereocenters. The summed E-state index contributed by atoms with van der Waals surface area (Å²) < 4.78 is 0. The lowest BCUT2D eigenvalue weighted by Crippen LogP contribution is -1.71. The van der Waals surface area contributed by atoms with Gasteiger partial charge in [-0.2, -0.15) is 10.5 Å². The van der Waals surface area contributed by atoms with Gasteiger partial charge in [0.15, 0.2) is 0 Å². The van der Waals surface area contributed by atoms with Gasteiger partial charge in [-0.1, -0.05) is 37.1 Å². The molecule has 0 saturated carbocycles. The summed E-state index contributed by atoms with van der Waals surface area (Å²) in [5.74, 6) is 5.01. The molecule has 0 aliphatic rings. The lowest BCUT2D eigenvalue weighted by Gasteiger charge is -1.91. The van der Waals surface area contributed by atoms with E-state index in [1.807, 2.05) is 30.6 Å². The second kappa shape index (κ2) is 6.36. The zero-order chi connectivity index (χ0) is 11.1. The van der Waals surface area contributed by atoms with Crippen molar-refractivity contribution < 1.29 is 0 Å². The Kier molecular flexibility index (Phi) is 5.05. The molecule has 0 bridgehead atoms. The van der Waals surface area contributed by atoms with Gasteiger partial charge in [-0.05, 0) is 28.8 Å². The average Bonchev–Trinajstić information content (AvgIpc) is 2.30. The summed E-state index contributed by atoms with van der Waals surface area (Å²) in [6, 6.07) is 10.2. The summed E-state index contributed by atoms with van der Waals surface area (Å²) >= 11 is 0. The fraction of sp³-hybridized carbons (Fsp3) is 0.231. The number of hydrogen-bond acceptors (Lipinski definition) is 1. The van der Waals surface area contributed by atoms with E-state index < -0.39 is 0 Å². The SMILES string of the molecule is C=S(C)CC.c1ccc2cnccc2c1. The zero-order valence-corrected chi connectivity index (χ0v) is 10.1. The van der Waals surface area contributed by atoms with Gasteiger partial charge in [0.1, 0.15) is 0 Å². The highest BCUT2D eigenvalue weighted by molar-refractivity contribution is 8.13. The molecule has 0 amide bonds. The van der Waals surface area contributed by atoms with Crippen molar-refractivity contribution in [3.05, 3.63) is 42.7 Å². The van der Waals surface area contributed by atoms with Crippen molar-refractivity contribution in [2.75, 3.05) is 12.0 Å². The first-order chi connectivity index (χ1) is 7.24. The van der Waals surface area contributed by atoms with E-state index in [0.29, 0.717) is 10.5 Å². The molecule has 0 spiro atoms. The molecular weight excluding hydrogens is 202 g/mol. The van der Waals surface area contributed by atoms with Crippen LogP contribution in [-0.4, -0.2) is 22.9 Å². The molecule has 0 radical (unpaired) electrons. The molecule has 1 aromatic carbocycles. The first-order valence-corrected chi connectivity index (χ1v) is 6.92. The highest BCUT2D eigenvalue weighted by Gasteiger charge is 1.86. The van der Waals surface area contributed by atoms with Gasteiger partial charge in [0.2, 0.25) is 0 Å². The van der Waals surface area contributed by atoms with E-state index in [1.165, 1.54) is 16.5 Å². The highest BCUT2D eigenvalue weighted by atomic mass is 32.2. The number of hydrogen-bond donors (Lipinski definition) is 0. The van der Waals surface area contributed by atoms with Crippen molar-refractivity contribution in [1.82, 2.24) is 4.98 Å². The monoisotopic (exact) mass is 219 g/mol. The molecule has 2 heteroatoms.